The van der Waals surface area contributed by atoms with Crippen LogP contribution in [0, 0.1) is 0 Å². The molecule has 1 aromatic carbocycles. The van der Waals surface area contributed by atoms with Gasteiger partial charge < -0.3 is 9.47 Å². The number of rotatable bonds is 11. The van der Waals surface area contributed by atoms with Gasteiger partial charge in [0.25, 0.3) is 0 Å². The topological polar surface area (TPSA) is 52.6 Å². The van der Waals surface area contributed by atoms with Crippen LogP contribution in [0.4, 0.5) is 0 Å². The largest absolute Gasteiger partial charge is 0.462 e. The molecule has 0 heterocycles. The van der Waals surface area contributed by atoms with Crippen molar-refractivity contribution < 1.29 is 19.1 Å². The number of ether oxygens (including phenoxy) is 2. The summed E-state index contributed by atoms with van der Waals surface area (Å²) in [7, 11) is 0. The van der Waals surface area contributed by atoms with E-state index in [0.717, 1.165) is 12.8 Å². The van der Waals surface area contributed by atoms with Gasteiger partial charge in [-0.1, -0.05) is 64.0 Å². The van der Waals surface area contributed by atoms with Crippen LogP contribution in [0.15, 0.2) is 24.3 Å². The molecule has 0 aliphatic carbocycles. The Balaban J connectivity index is 2.23. The monoisotopic (exact) mass is 320 g/mol. The molecule has 0 bridgehead atoms. The summed E-state index contributed by atoms with van der Waals surface area (Å²) in [5.74, 6) is -0.640. The molecule has 1 rings (SSSR count). The van der Waals surface area contributed by atoms with Crippen LogP contribution in [0.25, 0.3) is 0 Å². The minimum absolute atomic E-state index is 0.251. The van der Waals surface area contributed by atoms with Gasteiger partial charge in [0.15, 0.2) is 0 Å². The van der Waals surface area contributed by atoms with E-state index in [1.165, 1.54) is 45.4 Å². The quantitative estimate of drug-likeness (QED) is 0.330. The summed E-state index contributed by atoms with van der Waals surface area (Å²) in [6.45, 7) is 3.93. The highest BCUT2D eigenvalue weighted by Crippen LogP contribution is 2.19. The lowest BCUT2D eigenvalue weighted by Crippen LogP contribution is -2.11. The normalized spacial score (nSPS) is 10.3. The Hall–Kier alpha value is -1.84. The maximum absolute atomic E-state index is 12.0. The molecule has 23 heavy (non-hydrogen) atoms. The van der Waals surface area contributed by atoms with Crippen molar-refractivity contribution in [3.63, 3.8) is 0 Å². The highest BCUT2D eigenvalue weighted by atomic mass is 16.5. The third kappa shape index (κ3) is 8.38. The number of para-hydroxylation sites is 1. The van der Waals surface area contributed by atoms with Crippen molar-refractivity contribution in [3.8, 4) is 5.75 Å². The van der Waals surface area contributed by atoms with Crippen molar-refractivity contribution in [2.45, 2.75) is 65.2 Å². The molecule has 4 heteroatoms. The molecule has 0 unspecified atom stereocenters. The van der Waals surface area contributed by atoms with Crippen LogP contribution >= 0.6 is 0 Å². The van der Waals surface area contributed by atoms with E-state index in [-0.39, 0.29) is 5.75 Å². The second kappa shape index (κ2) is 11.7. The van der Waals surface area contributed by atoms with Crippen molar-refractivity contribution in [3.05, 3.63) is 29.8 Å². The lowest BCUT2D eigenvalue weighted by Gasteiger charge is -2.09. The summed E-state index contributed by atoms with van der Waals surface area (Å²) in [6, 6.07) is 6.64. The Labute approximate surface area is 139 Å². The van der Waals surface area contributed by atoms with E-state index in [4.69, 9.17) is 9.47 Å². The van der Waals surface area contributed by atoms with Crippen molar-refractivity contribution in [2.24, 2.45) is 0 Å². The lowest BCUT2D eigenvalue weighted by atomic mass is 10.1. The first-order valence-corrected chi connectivity index (χ1v) is 8.59. The van der Waals surface area contributed by atoms with Crippen molar-refractivity contribution >= 4 is 11.9 Å². The Morgan fingerprint density at radius 2 is 1.52 bits per heavy atom. The van der Waals surface area contributed by atoms with Crippen LogP contribution in [-0.4, -0.2) is 18.5 Å². The van der Waals surface area contributed by atoms with Gasteiger partial charge in [-0.2, -0.15) is 0 Å². The van der Waals surface area contributed by atoms with Gasteiger partial charge in [-0.05, 0) is 18.6 Å². The zero-order chi connectivity index (χ0) is 16.9. The van der Waals surface area contributed by atoms with E-state index in [0.29, 0.717) is 12.2 Å². The fourth-order valence-corrected chi connectivity index (χ4v) is 2.36. The molecular weight excluding hydrogens is 292 g/mol. The van der Waals surface area contributed by atoms with Crippen LogP contribution in [0.1, 0.15) is 75.6 Å². The molecule has 0 spiro atoms. The number of carbonyl (C=O) groups is 2. The minimum Gasteiger partial charge on any atom is -0.462 e. The van der Waals surface area contributed by atoms with Gasteiger partial charge in [0.1, 0.15) is 11.3 Å². The highest BCUT2D eigenvalue weighted by molar-refractivity contribution is 5.93. The second-order valence-electron chi connectivity index (χ2n) is 5.70. The SMILES string of the molecule is CCCCCCCCCCOC(=O)c1ccccc1OC(C)=O. The van der Waals surface area contributed by atoms with E-state index < -0.39 is 11.9 Å². The summed E-state index contributed by atoms with van der Waals surface area (Å²) in [5.41, 5.74) is 0.294. The van der Waals surface area contributed by atoms with Gasteiger partial charge in [0, 0.05) is 6.92 Å². The maximum atomic E-state index is 12.0. The molecule has 0 fully saturated rings. The van der Waals surface area contributed by atoms with Crippen LogP contribution in [0.3, 0.4) is 0 Å². The van der Waals surface area contributed by atoms with E-state index in [1.807, 2.05) is 0 Å². The summed E-state index contributed by atoms with van der Waals surface area (Å²) in [4.78, 5) is 23.1. The van der Waals surface area contributed by atoms with Gasteiger partial charge in [-0.15, -0.1) is 0 Å². The third-order valence-corrected chi connectivity index (χ3v) is 3.59. The lowest BCUT2D eigenvalue weighted by molar-refractivity contribution is -0.131. The van der Waals surface area contributed by atoms with Crippen molar-refractivity contribution in [1.29, 1.82) is 0 Å². The molecular formula is C19H28O4. The van der Waals surface area contributed by atoms with Crippen LogP contribution in [0.2, 0.25) is 0 Å². The first-order valence-electron chi connectivity index (χ1n) is 8.59. The fraction of sp³-hybridized carbons (Fsp3) is 0.579. The molecule has 128 valence electrons. The Morgan fingerprint density at radius 3 is 2.17 bits per heavy atom. The average Bonchev–Trinajstić information content (AvgIpc) is 2.53. The summed E-state index contributed by atoms with van der Waals surface area (Å²) < 4.78 is 10.3. The predicted octanol–water partition coefficient (Wildman–Crippen LogP) is 4.91. The van der Waals surface area contributed by atoms with Gasteiger partial charge in [-0.3, -0.25) is 4.79 Å². The summed E-state index contributed by atoms with van der Waals surface area (Å²) in [5, 5.41) is 0. The zero-order valence-corrected chi connectivity index (χ0v) is 14.3. The molecule has 0 saturated heterocycles. The van der Waals surface area contributed by atoms with Crippen molar-refractivity contribution in [2.75, 3.05) is 6.61 Å². The zero-order valence-electron chi connectivity index (χ0n) is 14.3. The molecule has 0 atom stereocenters. The standard InChI is InChI=1S/C19H28O4/c1-3-4-5-6-7-8-9-12-15-22-19(21)17-13-10-11-14-18(17)23-16(2)20/h10-11,13-14H,3-9,12,15H2,1-2H3. The first-order chi connectivity index (χ1) is 11.1. The number of benzene rings is 1. The Bertz CT molecular complexity index is 482. The molecule has 0 aliphatic rings. The number of hydrogen-bond donors (Lipinski definition) is 0. The molecule has 1 aromatic rings. The maximum Gasteiger partial charge on any atom is 0.341 e. The first kappa shape index (κ1) is 19.2. The van der Waals surface area contributed by atoms with Gasteiger partial charge >= 0.3 is 11.9 Å². The average molecular weight is 320 g/mol. The predicted molar refractivity (Wildman–Crippen MR) is 90.6 cm³/mol. The van der Waals surface area contributed by atoms with E-state index in [9.17, 15) is 9.59 Å². The van der Waals surface area contributed by atoms with E-state index in [1.54, 1.807) is 24.3 Å². The smallest absolute Gasteiger partial charge is 0.341 e. The van der Waals surface area contributed by atoms with E-state index in [2.05, 4.69) is 6.92 Å². The van der Waals surface area contributed by atoms with Gasteiger partial charge in [-0.25, -0.2) is 4.79 Å². The number of hydrogen-bond acceptors (Lipinski definition) is 4. The molecule has 0 N–H and O–H groups in total. The number of esters is 2. The number of unbranched alkanes of at least 4 members (excludes halogenated alkanes) is 7. The number of carbonyl (C=O) groups excluding carboxylic acids is 2. The molecule has 0 amide bonds. The van der Waals surface area contributed by atoms with Crippen LogP contribution in [0.5, 0.6) is 5.75 Å². The van der Waals surface area contributed by atoms with Crippen LogP contribution < -0.4 is 4.74 Å². The summed E-state index contributed by atoms with van der Waals surface area (Å²) >= 11 is 0. The molecule has 0 saturated carbocycles. The fourth-order valence-electron chi connectivity index (χ4n) is 2.36. The minimum atomic E-state index is -0.451. The molecule has 0 aromatic heterocycles. The third-order valence-electron chi connectivity index (χ3n) is 3.59. The van der Waals surface area contributed by atoms with Crippen LogP contribution in [-0.2, 0) is 9.53 Å². The second-order valence-corrected chi connectivity index (χ2v) is 5.70. The molecule has 4 nitrogen and oxygen atoms in total. The highest BCUT2D eigenvalue weighted by Gasteiger charge is 2.14. The van der Waals surface area contributed by atoms with E-state index >= 15 is 0 Å². The Morgan fingerprint density at radius 1 is 0.913 bits per heavy atom. The Kier molecular flexibility index (Phi) is 9.76. The summed E-state index contributed by atoms with van der Waals surface area (Å²) in [6.07, 6.45) is 9.58. The van der Waals surface area contributed by atoms with Crippen molar-refractivity contribution in [1.82, 2.24) is 0 Å². The van der Waals surface area contributed by atoms with Gasteiger partial charge in [0.2, 0.25) is 0 Å². The van der Waals surface area contributed by atoms with Gasteiger partial charge in [0.05, 0.1) is 6.61 Å². The molecule has 0 radical (unpaired) electrons. The molecule has 0 aliphatic heterocycles.